The van der Waals surface area contributed by atoms with Crippen LogP contribution in [0.15, 0.2) is 4.99 Å². The van der Waals surface area contributed by atoms with Gasteiger partial charge in [-0.3, -0.25) is 9.89 Å². The minimum atomic E-state index is -0.903. The maximum Gasteiger partial charge on any atom is 0.146 e. The van der Waals surface area contributed by atoms with Gasteiger partial charge in [-0.2, -0.15) is 0 Å². The summed E-state index contributed by atoms with van der Waals surface area (Å²) in [7, 11) is 0. The zero-order chi connectivity index (χ0) is 13.1. The lowest BCUT2D eigenvalue weighted by molar-refractivity contribution is -0.261. The molecule has 1 aliphatic rings. The summed E-state index contributed by atoms with van der Waals surface area (Å²) in [5.74, 6) is 0. The van der Waals surface area contributed by atoms with Gasteiger partial charge in [0.25, 0.3) is 0 Å². The molecule has 100 valence electrons. The average molecular weight is 245 g/mol. The topological polar surface area (TPSA) is 47.9 Å². The van der Waals surface area contributed by atoms with E-state index in [1.807, 2.05) is 11.8 Å². The smallest absolute Gasteiger partial charge is 0.146 e. The van der Waals surface area contributed by atoms with Gasteiger partial charge in [-0.1, -0.05) is 27.7 Å². The maximum atomic E-state index is 13.4. The largest absolute Gasteiger partial charge is 0.595 e. The number of hydrogen-bond acceptors (Lipinski definition) is 4. The molecule has 0 saturated carbocycles. The second kappa shape index (κ2) is 5.67. The van der Waals surface area contributed by atoms with Crippen molar-refractivity contribution in [3.05, 3.63) is 0 Å². The first kappa shape index (κ1) is 14.2. The number of ether oxygens (including phenoxy) is 1. The van der Waals surface area contributed by atoms with Gasteiger partial charge in [-0.25, -0.2) is 4.39 Å². The van der Waals surface area contributed by atoms with E-state index in [4.69, 9.17) is 4.74 Å². The quantitative estimate of drug-likeness (QED) is 0.537. The van der Waals surface area contributed by atoms with Gasteiger partial charge in [0.2, 0.25) is 0 Å². The molecule has 0 spiro atoms. The average Bonchev–Trinajstić information content (AvgIpc) is 2.13. The summed E-state index contributed by atoms with van der Waals surface area (Å²) >= 11 is 0. The van der Waals surface area contributed by atoms with Crippen LogP contribution >= 0.6 is 0 Å². The third-order valence-electron chi connectivity index (χ3n) is 2.58. The molecule has 0 radical (unpaired) electrons. The van der Waals surface area contributed by atoms with E-state index in [0.717, 1.165) is 6.54 Å². The van der Waals surface area contributed by atoms with Gasteiger partial charge in [-0.05, 0) is 6.54 Å². The van der Waals surface area contributed by atoms with Crippen LogP contribution in [0.3, 0.4) is 0 Å². The van der Waals surface area contributed by atoms with Crippen molar-refractivity contribution in [3.8, 4) is 0 Å². The summed E-state index contributed by atoms with van der Waals surface area (Å²) in [5.41, 5.74) is -0.547. The number of likely N-dealkylation sites (tertiary alicyclic amines) is 1. The third kappa shape index (κ3) is 5.35. The molecule has 1 unspecified atom stereocenters. The van der Waals surface area contributed by atoms with Gasteiger partial charge in [-0.15, -0.1) is 0 Å². The van der Waals surface area contributed by atoms with Gasteiger partial charge < -0.3 is 9.84 Å². The van der Waals surface area contributed by atoms with Crippen molar-refractivity contribution < 1.29 is 14.2 Å². The van der Waals surface area contributed by atoms with Gasteiger partial charge in [0.15, 0.2) is 0 Å². The molecular weight excluding hydrogens is 223 g/mol. The van der Waals surface area contributed by atoms with Crippen LogP contribution in [0.4, 0.5) is 4.39 Å². The highest BCUT2D eigenvalue weighted by atomic mass is 19.1. The number of alkyl halides is 1. The Hall–Kier alpha value is -0.840. The van der Waals surface area contributed by atoms with Crippen molar-refractivity contribution in [2.45, 2.75) is 51.9 Å². The molecule has 17 heavy (non-hydrogen) atoms. The molecule has 0 aliphatic carbocycles. The number of aliphatic imine (C=N–C) groups is 1. The van der Waals surface area contributed by atoms with E-state index in [9.17, 15) is 9.50 Å². The Kier molecular flexibility index (Phi) is 4.74. The van der Waals surface area contributed by atoms with Crippen LogP contribution in [0.1, 0.15) is 34.1 Å². The molecule has 1 aliphatic heterocycles. The molecule has 0 bridgehead atoms. The first-order valence-electron chi connectivity index (χ1n) is 6.10. The summed E-state index contributed by atoms with van der Waals surface area (Å²) in [6.45, 7) is 9.20. The predicted molar refractivity (Wildman–Crippen MR) is 63.7 cm³/mol. The second-order valence-electron chi connectivity index (χ2n) is 5.45. The molecule has 5 heteroatoms. The van der Waals surface area contributed by atoms with Gasteiger partial charge in [0, 0.05) is 25.1 Å². The molecule has 0 aromatic rings. The first-order valence-corrected chi connectivity index (χ1v) is 6.10. The zero-order valence-electron chi connectivity index (χ0n) is 11.1. The molecule has 0 N–H and O–H groups in total. The van der Waals surface area contributed by atoms with Crippen molar-refractivity contribution in [1.29, 1.82) is 0 Å². The van der Waals surface area contributed by atoms with Crippen LogP contribution in [-0.4, -0.2) is 48.4 Å². The fourth-order valence-electron chi connectivity index (χ4n) is 1.89. The Morgan fingerprint density at radius 2 is 2.12 bits per heavy atom. The van der Waals surface area contributed by atoms with E-state index in [-0.39, 0.29) is 6.04 Å². The zero-order valence-corrected chi connectivity index (χ0v) is 11.1. The van der Waals surface area contributed by atoms with Crippen LogP contribution < -0.4 is 5.11 Å². The first-order chi connectivity index (χ1) is 7.80. The minimum absolute atomic E-state index is 0.284. The second-order valence-corrected chi connectivity index (χ2v) is 5.45. The summed E-state index contributed by atoms with van der Waals surface area (Å²) in [6.07, 6.45) is -1.18. The highest BCUT2D eigenvalue weighted by molar-refractivity contribution is 5.62. The number of rotatable bonds is 2. The third-order valence-corrected chi connectivity index (χ3v) is 2.58. The van der Waals surface area contributed by atoms with Crippen molar-refractivity contribution in [1.82, 2.24) is 4.90 Å². The Morgan fingerprint density at radius 1 is 1.47 bits per heavy atom. The molecule has 4 nitrogen and oxygen atoms in total. The molecule has 1 saturated heterocycles. The van der Waals surface area contributed by atoms with Crippen molar-refractivity contribution in [2.75, 3.05) is 19.6 Å². The molecule has 2 atom stereocenters. The molecule has 0 aromatic heterocycles. The Bertz CT molecular complexity index is 276. The Balaban J connectivity index is 2.57. The van der Waals surface area contributed by atoms with Crippen molar-refractivity contribution in [3.63, 3.8) is 0 Å². The van der Waals surface area contributed by atoms with Crippen LogP contribution in [0.25, 0.3) is 0 Å². The summed E-state index contributed by atoms with van der Waals surface area (Å²) in [5, 5.41) is 11.5. The molecule has 1 rings (SSSR count). The van der Waals surface area contributed by atoms with E-state index >= 15 is 0 Å². The van der Waals surface area contributed by atoms with Crippen molar-refractivity contribution >= 4 is 6.08 Å². The molecular formula is C12H22FN2O2-. The number of nitrogens with zero attached hydrogens (tertiary/aromatic N) is 2. The minimum Gasteiger partial charge on any atom is -0.595 e. The number of hydrogen-bond donors (Lipinski definition) is 0. The van der Waals surface area contributed by atoms with Crippen LogP contribution in [0.5, 0.6) is 0 Å². The van der Waals surface area contributed by atoms with E-state index in [2.05, 4.69) is 4.99 Å². The fraction of sp³-hybridized carbons (Fsp3) is 0.917. The summed E-state index contributed by atoms with van der Waals surface area (Å²) in [4.78, 5) is 5.89. The standard InChI is InChI=1S/C12H23FN2O2/c1-5-15-7-9(13)6-10(8-15)14-11(16)17-12(2,3)4/h9-10H,5-8H2,1-4H3,(H,14,16)/p-1/t9-,10?/m1/s1. The molecule has 1 fully saturated rings. The monoisotopic (exact) mass is 245 g/mol. The van der Waals surface area contributed by atoms with Crippen LogP contribution in [0.2, 0.25) is 0 Å². The predicted octanol–water partition coefficient (Wildman–Crippen LogP) is 0.950. The number of halogens is 1. The fourth-order valence-corrected chi connectivity index (χ4v) is 1.89. The van der Waals surface area contributed by atoms with Crippen molar-refractivity contribution in [2.24, 2.45) is 4.99 Å². The number of piperidine rings is 1. The van der Waals surface area contributed by atoms with Gasteiger partial charge >= 0.3 is 0 Å². The van der Waals surface area contributed by atoms with E-state index in [0.29, 0.717) is 19.5 Å². The lowest BCUT2D eigenvalue weighted by Crippen LogP contribution is -2.44. The number of likely N-dealkylation sites (N-methyl/N-ethyl adjacent to an activating group) is 1. The SMILES string of the molecule is CCN1CC(N=C([O-])OC(C)(C)C)C[C@@H](F)C1. The normalized spacial score (nSPS) is 28.2. The highest BCUT2D eigenvalue weighted by Gasteiger charge is 2.25. The van der Waals surface area contributed by atoms with Gasteiger partial charge in [0.1, 0.15) is 12.3 Å². The van der Waals surface area contributed by atoms with E-state index in [1.165, 1.54) is 0 Å². The molecule has 0 amide bonds. The molecule has 1 heterocycles. The lowest BCUT2D eigenvalue weighted by atomic mass is 10.1. The molecule has 0 aromatic carbocycles. The van der Waals surface area contributed by atoms with Crippen LogP contribution in [-0.2, 0) is 4.74 Å². The summed E-state index contributed by atoms with van der Waals surface area (Å²) in [6, 6.07) is -0.284. The Morgan fingerprint density at radius 3 is 2.65 bits per heavy atom. The van der Waals surface area contributed by atoms with E-state index in [1.54, 1.807) is 20.8 Å². The maximum absolute atomic E-state index is 13.4. The van der Waals surface area contributed by atoms with E-state index < -0.39 is 17.9 Å². The van der Waals surface area contributed by atoms with Gasteiger partial charge in [0.05, 0.1) is 6.04 Å². The lowest BCUT2D eigenvalue weighted by Gasteiger charge is -2.34. The summed E-state index contributed by atoms with van der Waals surface area (Å²) < 4.78 is 18.5. The highest BCUT2D eigenvalue weighted by Crippen LogP contribution is 2.16. The Labute approximate surface area is 102 Å². The van der Waals surface area contributed by atoms with Crippen LogP contribution in [0, 0.1) is 0 Å².